The smallest absolute Gasteiger partial charge is 0.246 e. The van der Waals surface area contributed by atoms with Gasteiger partial charge in [-0.2, -0.15) is 9.29 Å². The summed E-state index contributed by atoms with van der Waals surface area (Å²) in [5, 5.41) is 4.47. The van der Waals surface area contributed by atoms with E-state index in [1.807, 2.05) is 31.2 Å². The standard InChI is InChI=1S/C23H25ClN4O4S/c1-16-5-7-17(8-6-16)22-25-21(32-26-22)15-27(2)23(29)18-4-3-13-28(14-18)33(30,31)20-11-9-19(24)10-12-20/h5-12,18H,3-4,13-15H2,1-2H3/t18-/m1/s1. The molecule has 1 atom stereocenters. The number of sulfonamides is 1. The van der Waals surface area contributed by atoms with Gasteiger partial charge in [0.05, 0.1) is 17.4 Å². The van der Waals surface area contributed by atoms with Gasteiger partial charge in [0.15, 0.2) is 0 Å². The van der Waals surface area contributed by atoms with Gasteiger partial charge in [-0.1, -0.05) is 46.6 Å². The van der Waals surface area contributed by atoms with E-state index in [1.54, 1.807) is 19.2 Å². The van der Waals surface area contributed by atoms with Crippen molar-refractivity contribution in [2.45, 2.75) is 31.2 Å². The zero-order valence-corrected chi connectivity index (χ0v) is 20.0. The Morgan fingerprint density at radius 2 is 1.88 bits per heavy atom. The molecule has 0 radical (unpaired) electrons. The van der Waals surface area contributed by atoms with Gasteiger partial charge in [-0.05, 0) is 44.0 Å². The number of carbonyl (C=O) groups excluding carboxylic acids is 1. The molecule has 0 saturated carbocycles. The quantitative estimate of drug-likeness (QED) is 0.524. The van der Waals surface area contributed by atoms with Gasteiger partial charge in [-0.3, -0.25) is 4.79 Å². The van der Waals surface area contributed by atoms with Gasteiger partial charge in [0.25, 0.3) is 0 Å². The lowest BCUT2D eigenvalue weighted by Gasteiger charge is -2.33. The highest BCUT2D eigenvalue weighted by Gasteiger charge is 2.34. The molecule has 2 aromatic carbocycles. The maximum absolute atomic E-state index is 13.1. The maximum atomic E-state index is 13.1. The second-order valence-corrected chi connectivity index (χ2v) is 10.6. The van der Waals surface area contributed by atoms with Crippen molar-refractivity contribution in [1.82, 2.24) is 19.3 Å². The normalized spacial score (nSPS) is 17.1. The summed E-state index contributed by atoms with van der Waals surface area (Å²) in [5.74, 6) is 0.193. The molecule has 0 spiro atoms. The Balaban J connectivity index is 1.41. The molecule has 0 N–H and O–H groups in total. The summed E-state index contributed by atoms with van der Waals surface area (Å²) < 4.78 is 32.7. The summed E-state index contributed by atoms with van der Waals surface area (Å²) in [6.07, 6.45) is 1.23. The fourth-order valence-electron chi connectivity index (χ4n) is 3.85. The van der Waals surface area contributed by atoms with Crippen molar-refractivity contribution in [3.8, 4) is 11.4 Å². The second kappa shape index (κ2) is 9.62. The SMILES string of the molecule is Cc1ccc(-c2noc(CN(C)C(=O)[C@@H]3CCCN(S(=O)(=O)c4ccc(Cl)cc4)C3)n2)cc1. The molecule has 174 valence electrons. The van der Waals surface area contributed by atoms with E-state index in [-0.39, 0.29) is 23.9 Å². The van der Waals surface area contributed by atoms with Crippen LogP contribution in [0.5, 0.6) is 0 Å². The molecule has 1 saturated heterocycles. The number of aromatic nitrogens is 2. The van der Waals surface area contributed by atoms with Crippen molar-refractivity contribution < 1.29 is 17.7 Å². The van der Waals surface area contributed by atoms with Crippen molar-refractivity contribution in [3.05, 3.63) is 65.0 Å². The van der Waals surface area contributed by atoms with Crippen LogP contribution < -0.4 is 0 Å². The average molecular weight is 489 g/mol. The molecular weight excluding hydrogens is 464 g/mol. The molecular formula is C23H25ClN4O4S. The van der Waals surface area contributed by atoms with E-state index in [4.69, 9.17) is 16.1 Å². The molecule has 0 bridgehead atoms. The number of amides is 1. The predicted octanol–water partition coefficient (Wildman–Crippen LogP) is 3.76. The van der Waals surface area contributed by atoms with Crippen LogP contribution >= 0.6 is 11.6 Å². The topological polar surface area (TPSA) is 96.6 Å². The Morgan fingerprint density at radius 3 is 2.58 bits per heavy atom. The van der Waals surface area contributed by atoms with E-state index in [0.29, 0.717) is 36.1 Å². The number of rotatable bonds is 6. The summed E-state index contributed by atoms with van der Waals surface area (Å²) >= 11 is 5.88. The fraction of sp³-hybridized carbons (Fsp3) is 0.348. The summed E-state index contributed by atoms with van der Waals surface area (Å²) in [6, 6.07) is 13.8. The lowest BCUT2D eigenvalue weighted by atomic mass is 9.98. The Hall–Kier alpha value is -2.75. The minimum absolute atomic E-state index is 0.132. The molecule has 33 heavy (non-hydrogen) atoms. The maximum Gasteiger partial charge on any atom is 0.246 e. The molecule has 1 aliphatic rings. The molecule has 2 heterocycles. The Kier molecular flexibility index (Phi) is 6.83. The zero-order chi connectivity index (χ0) is 23.6. The van der Waals surface area contributed by atoms with Crippen LogP contribution in [0.1, 0.15) is 24.3 Å². The minimum atomic E-state index is -3.70. The van der Waals surface area contributed by atoms with Crippen LogP contribution in [0.25, 0.3) is 11.4 Å². The van der Waals surface area contributed by atoms with Crippen molar-refractivity contribution in [1.29, 1.82) is 0 Å². The number of benzene rings is 2. The predicted molar refractivity (Wildman–Crippen MR) is 124 cm³/mol. The van der Waals surface area contributed by atoms with Crippen LogP contribution in [0.4, 0.5) is 0 Å². The molecule has 1 fully saturated rings. The third-order valence-corrected chi connectivity index (χ3v) is 7.84. The Bertz CT molecular complexity index is 1230. The molecule has 3 aromatic rings. The van der Waals surface area contributed by atoms with E-state index < -0.39 is 15.9 Å². The summed E-state index contributed by atoms with van der Waals surface area (Å²) in [4.78, 5) is 19.1. The molecule has 10 heteroatoms. The highest BCUT2D eigenvalue weighted by atomic mass is 35.5. The van der Waals surface area contributed by atoms with Crippen LogP contribution in [0, 0.1) is 12.8 Å². The summed E-state index contributed by atoms with van der Waals surface area (Å²) in [5.41, 5.74) is 1.97. The Labute approximate surface area is 198 Å². The number of carbonyl (C=O) groups is 1. The van der Waals surface area contributed by atoms with Crippen LogP contribution in [-0.4, -0.2) is 53.8 Å². The molecule has 0 aliphatic carbocycles. The van der Waals surface area contributed by atoms with Crippen molar-refractivity contribution >= 4 is 27.5 Å². The molecule has 8 nitrogen and oxygen atoms in total. The second-order valence-electron chi connectivity index (χ2n) is 8.23. The summed E-state index contributed by atoms with van der Waals surface area (Å²) in [6.45, 7) is 2.66. The molecule has 0 unspecified atom stereocenters. The van der Waals surface area contributed by atoms with Gasteiger partial charge in [-0.15, -0.1) is 0 Å². The highest BCUT2D eigenvalue weighted by Crippen LogP contribution is 2.26. The first-order chi connectivity index (χ1) is 15.7. The third-order valence-electron chi connectivity index (χ3n) is 5.71. The van der Waals surface area contributed by atoms with Crippen molar-refractivity contribution in [2.75, 3.05) is 20.1 Å². The number of hydrogen-bond donors (Lipinski definition) is 0. The highest BCUT2D eigenvalue weighted by molar-refractivity contribution is 7.89. The zero-order valence-electron chi connectivity index (χ0n) is 18.4. The molecule has 1 amide bonds. The number of hydrogen-bond acceptors (Lipinski definition) is 6. The van der Waals surface area contributed by atoms with Crippen LogP contribution in [-0.2, 0) is 21.4 Å². The lowest BCUT2D eigenvalue weighted by molar-refractivity contribution is -0.136. The van der Waals surface area contributed by atoms with Gasteiger partial charge in [-0.25, -0.2) is 8.42 Å². The first-order valence-corrected chi connectivity index (χ1v) is 12.5. The number of halogens is 1. The largest absolute Gasteiger partial charge is 0.337 e. The van der Waals surface area contributed by atoms with Gasteiger partial charge < -0.3 is 9.42 Å². The van der Waals surface area contributed by atoms with Gasteiger partial charge in [0.2, 0.25) is 27.6 Å². The van der Waals surface area contributed by atoms with Crippen molar-refractivity contribution in [2.24, 2.45) is 5.92 Å². The first-order valence-electron chi connectivity index (χ1n) is 10.6. The van der Waals surface area contributed by atoms with E-state index >= 15 is 0 Å². The third kappa shape index (κ3) is 5.26. The summed E-state index contributed by atoms with van der Waals surface area (Å²) in [7, 11) is -2.04. The van der Waals surface area contributed by atoms with Gasteiger partial charge in [0.1, 0.15) is 0 Å². The fourth-order valence-corrected chi connectivity index (χ4v) is 5.50. The van der Waals surface area contributed by atoms with Crippen LogP contribution in [0.15, 0.2) is 57.9 Å². The molecule has 1 aromatic heterocycles. The van der Waals surface area contributed by atoms with Gasteiger partial charge in [0, 0.05) is 30.7 Å². The van der Waals surface area contributed by atoms with E-state index in [2.05, 4.69) is 10.1 Å². The monoisotopic (exact) mass is 488 g/mol. The van der Waals surface area contributed by atoms with E-state index in [9.17, 15) is 13.2 Å². The van der Waals surface area contributed by atoms with E-state index in [1.165, 1.54) is 21.3 Å². The molecule has 4 rings (SSSR count). The molecule has 1 aliphatic heterocycles. The minimum Gasteiger partial charge on any atom is -0.337 e. The van der Waals surface area contributed by atoms with Crippen LogP contribution in [0.3, 0.4) is 0 Å². The Morgan fingerprint density at radius 1 is 1.18 bits per heavy atom. The number of piperidine rings is 1. The van der Waals surface area contributed by atoms with Crippen molar-refractivity contribution in [3.63, 3.8) is 0 Å². The van der Waals surface area contributed by atoms with Gasteiger partial charge >= 0.3 is 0 Å². The van der Waals surface area contributed by atoms with E-state index in [0.717, 1.165) is 11.1 Å². The van der Waals surface area contributed by atoms with Crippen LogP contribution in [0.2, 0.25) is 5.02 Å². The number of nitrogens with zero attached hydrogens (tertiary/aromatic N) is 4. The average Bonchev–Trinajstić information content (AvgIpc) is 3.27. The number of aryl methyl sites for hydroxylation is 1. The first kappa shape index (κ1) is 23.4. The lowest BCUT2D eigenvalue weighted by Crippen LogP contribution is -2.45.